The summed E-state index contributed by atoms with van der Waals surface area (Å²) in [7, 11) is 0. The van der Waals surface area contributed by atoms with Gasteiger partial charge in [-0.2, -0.15) is 0 Å². The van der Waals surface area contributed by atoms with Crippen molar-refractivity contribution in [2.45, 2.75) is 33.0 Å². The van der Waals surface area contributed by atoms with Gasteiger partial charge in [0, 0.05) is 6.54 Å². The molecule has 1 atom stereocenters. The van der Waals surface area contributed by atoms with Crippen LogP contribution in [0.15, 0.2) is 40.8 Å². The van der Waals surface area contributed by atoms with E-state index in [-0.39, 0.29) is 18.7 Å². The zero-order chi connectivity index (χ0) is 15.2. The van der Waals surface area contributed by atoms with Gasteiger partial charge in [0.25, 0.3) is 0 Å². The number of aryl methyl sites for hydroxylation is 1. The second-order valence-corrected chi connectivity index (χ2v) is 4.92. The molecule has 1 aromatic carbocycles. The van der Waals surface area contributed by atoms with E-state index in [0.29, 0.717) is 6.54 Å². The van der Waals surface area contributed by atoms with Crippen molar-refractivity contribution in [1.82, 2.24) is 10.6 Å². The molecule has 0 fully saturated rings. The molecule has 3 N–H and O–H groups in total. The maximum atomic E-state index is 11.9. The predicted molar refractivity (Wildman–Crippen MR) is 79.6 cm³/mol. The van der Waals surface area contributed by atoms with Crippen molar-refractivity contribution in [2.75, 3.05) is 0 Å². The highest BCUT2D eigenvalue weighted by molar-refractivity contribution is 5.74. The van der Waals surface area contributed by atoms with Gasteiger partial charge in [0.15, 0.2) is 0 Å². The van der Waals surface area contributed by atoms with Crippen LogP contribution in [0, 0.1) is 6.92 Å². The molecule has 2 rings (SSSR count). The number of hydrogen-bond acceptors (Lipinski definition) is 3. The van der Waals surface area contributed by atoms with Crippen LogP contribution in [-0.4, -0.2) is 11.1 Å². The zero-order valence-electron chi connectivity index (χ0n) is 12.2. The minimum absolute atomic E-state index is 0.0401. The highest BCUT2D eigenvalue weighted by Gasteiger charge is 2.12. The Morgan fingerprint density at radius 1 is 1.24 bits per heavy atom. The van der Waals surface area contributed by atoms with Gasteiger partial charge < -0.3 is 20.2 Å². The SMILES string of the molecule is Cc1ccc(C(C)NC(=O)NCc2ccccc2CO)o1. The normalized spacial score (nSPS) is 12.0. The van der Waals surface area contributed by atoms with E-state index in [0.717, 1.165) is 22.6 Å². The van der Waals surface area contributed by atoms with E-state index in [1.165, 1.54) is 0 Å². The van der Waals surface area contributed by atoms with Crippen molar-refractivity contribution in [1.29, 1.82) is 0 Å². The van der Waals surface area contributed by atoms with E-state index >= 15 is 0 Å². The largest absolute Gasteiger partial charge is 0.464 e. The Balaban J connectivity index is 1.87. The summed E-state index contributed by atoms with van der Waals surface area (Å²) < 4.78 is 5.47. The third kappa shape index (κ3) is 4.10. The lowest BCUT2D eigenvalue weighted by molar-refractivity contribution is 0.235. The van der Waals surface area contributed by atoms with Crippen LogP contribution in [0.5, 0.6) is 0 Å². The summed E-state index contributed by atoms with van der Waals surface area (Å²) >= 11 is 0. The first kappa shape index (κ1) is 15.1. The average molecular weight is 288 g/mol. The lowest BCUT2D eigenvalue weighted by Gasteiger charge is -2.13. The molecule has 1 aromatic heterocycles. The maximum Gasteiger partial charge on any atom is 0.315 e. The molecule has 0 radical (unpaired) electrons. The molecule has 5 heteroatoms. The molecule has 0 bridgehead atoms. The monoisotopic (exact) mass is 288 g/mol. The number of aliphatic hydroxyl groups is 1. The molecule has 2 amide bonds. The van der Waals surface area contributed by atoms with Crippen molar-refractivity contribution in [2.24, 2.45) is 0 Å². The van der Waals surface area contributed by atoms with Gasteiger partial charge in [-0.3, -0.25) is 0 Å². The van der Waals surface area contributed by atoms with Crippen LogP contribution in [-0.2, 0) is 13.2 Å². The fourth-order valence-electron chi connectivity index (χ4n) is 2.06. The van der Waals surface area contributed by atoms with Crippen molar-refractivity contribution < 1.29 is 14.3 Å². The molecule has 0 saturated heterocycles. The molecule has 5 nitrogen and oxygen atoms in total. The number of carbonyl (C=O) groups is 1. The van der Waals surface area contributed by atoms with Gasteiger partial charge >= 0.3 is 6.03 Å². The smallest absolute Gasteiger partial charge is 0.315 e. The fraction of sp³-hybridized carbons (Fsp3) is 0.312. The lowest BCUT2D eigenvalue weighted by atomic mass is 10.1. The first-order valence-electron chi connectivity index (χ1n) is 6.88. The van der Waals surface area contributed by atoms with Crippen molar-refractivity contribution in [3.8, 4) is 0 Å². The Morgan fingerprint density at radius 3 is 2.57 bits per heavy atom. The van der Waals surface area contributed by atoms with Crippen LogP contribution in [0.1, 0.15) is 35.6 Å². The molecule has 1 heterocycles. The van der Waals surface area contributed by atoms with Crippen molar-refractivity contribution >= 4 is 6.03 Å². The van der Waals surface area contributed by atoms with Gasteiger partial charge in [0.05, 0.1) is 12.6 Å². The van der Waals surface area contributed by atoms with Crippen LogP contribution < -0.4 is 10.6 Å². The summed E-state index contributed by atoms with van der Waals surface area (Å²) in [5, 5.41) is 14.8. The number of benzene rings is 1. The summed E-state index contributed by atoms with van der Waals surface area (Å²) in [4.78, 5) is 11.9. The summed E-state index contributed by atoms with van der Waals surface area (Å²) in [5.74, 6) is 1.54. The molecule has 112 valence electrons. The van der Waals surface area contributed by atoms with Gasteiger partial charge in [-0.1, -0.05) is 24.3 Å². The molecular formula is C16H20N2O3. The van der Waals surface area contributed by atoms with Gasteiger partial charge in [-0.25, -0.2) is 4.79 Å². The standard InChI is InChI=1S/C16H20N2O3/c1-11-7-8-15(21-11)12(2)18-16(20)17-9-13-5-3-4-6-14(13)10-19/h3-8,12,19H,9-10H2,1-2H3,(H2,17,18,20). The van der Waals surface area contributed by atoms with Gasteiger partial charge in [-0.05, 0) is 37.1 Å². The molecule has 0 aliphatic carbocycles. The number of urea groups is 1. The third-order valence-electron chi connectivity index (χ3n) is 3.26. The summed E-state index contributed by atoms with van der Waals surface area (Å²) in [6.07, 6.45) is 0. The second-order valence-electron chi connectivity index (χ2n) is 4.92. The van der Waals surface area contributed by atoms with E-state index in [4.69, 9.17) is 4.42 Å². The Bertz CT molecular complexity index is 607. The summed E-state index contributed by atoms with van der Waals surface area (Å²) in [6.45, 7) is 4.05. The topological polar surface area (TPSA) is 74.5 Å². The number of amides is 2. The molecule has 2 aromatic rings. The number of hydrogen-bond donors (Lipinski definition) is 3. The Morgan fingerprint density at radius 2 is 1.95 bits per heavy atom. The Kier molecular flexibility index (Phi) is 5.00. The Hall–Kier alpha value is -2.27. The Labute approximate surface area is 124 Å². The number of nitrogens with one attached hydrogen (secondary N) is 2. The first-order chi connectivity index (χ1) is 10.1. The molecule has 0 saturated carbocycles. The predicted octanol–water partition coefficient (Wildman–Crippen LogP) is 2.64. The highest BCUT2D eigenvalue weighted by atomic mass is 16.3. The molecular weight excluding hydrogens is 268 g/mol. The third-order valence-corrected chi connectivity index (χ3v) is 3.26. The molecule has 0 spiro atoms. The summed E-state index contributed by atoms with van der Waals surface area (Å²) in [5.41, 5.74) is 1.71. The zero-order valence-corrected chi connectivity index (χ0v) is 12.2. The van der Waals surface area contributed by atoms with E-state index in [2.05, 4.69) is 10.6 Å². The highest BCUT2D eigenvalue weighted by Crippen LogP contribution is 2.15. The fourth-order valence-corrected chi connectivity index (χ4v) is 2.06. The van der Waals surface area contributed by atoms with Gasteiger partial charge in [0.1, 0.15) is 11.5 Å². The molecule has 0 aliphatic rings. The molecule has 21 heavy (non-hydrogen) atoms. The van der Waals surface area contributed by atoms with Crippen molar-refractivity contribution in [3.63, 3.8) is 0 Å². The number of carbonyl (C=O) groups excluding carboxylic acids is 1. The number of rotatable bonds is 5. The van der Waals surface area contributed by atoms with E-state index in [1.54, 1.807) is 0 Å². The van der Waals surface area contributed by atoms with E-state index < -0.39 is 0 Å². The summed E-state index contributed by atoms with van der Waals surface area (Å²) in [6, 6.07) is 10.7. The van der Waals surface area contributed by atoms with Gasteiger partial charge in [0.2, 0.25) is 0 Å². The van der Waals surface area contributed by atoms with Crippen molar-refractivity contribution in [3.05, 3.63) is 59.0 Å². The number of furan rings is 1. The second kappa shape index (κ2) is 6.95. The quantitative estimate of drug-likeness (QED) is 0.791. The molecule has 1 unspecified atom stereocenters. The van der Waals surface area contributed by atoms with Crippen LogP contribution in [0.3, 0.4) is 0 Å². The van der Waals surface area contributed by atoms with Crippen LogP contribution in [0.25, 0.3) is 0 Å². The average Bonchev–Trinajstić information content (AvgIpc) is 2.92. The maximum absolute atomic E-state index is 11.9. The van der Waals surface area contributed by atoms with Crippen LogP contribution >= 0.6 is 0 Å². The number of aliphatic hydroxyl groups excluding tert-OH is 1. The van der Waals surface area contributed by atoms with E-state index in [1.807, 2.05) is 50.2 Å². The van der Waals surface area contributed by atoms with Crippen LogP contribution in [0.2, 0.25) is 0 Å². The first-order valence-corrected chi connectivity index (χ1v) is 6.88. The van der Waals surface area contributed by atoms with Gasteiger partial charge in [-0.15, -0.1) is 0 Å². The minimum Gasteiger partial charge on any atom is -0.464 e. The minimum atomic E-state index is -0.274. The van der Waals surface area contributed by atoms with E-state index in [9.17, 15) is 9.90 Å². The van der Waals surface area contributed by atoms with Crippen LogP contribution in [0.4, 0.5) is 4.79 Å². The lowest BCUT2D eigenvalue weighted by Crippen LogP contribution is -2.36. The molecule has 0 aliphatic heterocycles.